The summed E-state index contributed by atoms with van der Waals surface area (Å²) in [5.74, 6) is 0.402. The summed E-state index contributed by atoms with van der Waals surface area (Å²) in [6, 6.07) is 5.67. The molecule has 0 saturated heterocycles. The Kier molecular flexibility index (Phi) is 4.35. The first-order valence-electron chi connectivity index (χ1n) is 7.12. The zero-order valence-corrected chi connectivity index (χ0v) is 11.7. The van der Waals surface area contributed by atoms with E-state index in [-0.39, 0.29) is 17.6 Å². The van der Waals surface area contributed by atoms with Gasteiger partial charge in [-0.05, 0) is 49.4 Å². The summed E-state index contributed by atoms with van der Waals surface area (Å²) in [6.45, 7) is 4.10. The third-order valence-corrected chi connectivity index (χ3v) is 3.87. The van der Waals surface area contributed by atoms with Crippen LogP contribution < -0.4 is 5.32 Å². The van der Waals surface area contributed by atoms with Crippen molar-refractivity contribution in [1.29, 1.82) is 0 Å². The summed E-state index contributed by atoms with van der Waals surface area (Å²) >= 11 is 0. The lowest BCUT2D eigenvalue weighted by Crippen LogP contribution is -2.14. The minimum atomic E-state index is 0.0674. The van der Waals surface area contributed by atoms with Gasteiger partial charge < -0.3 is 5.32 Å². The number of fused-ring (bicyclic) bond motifs is 1. The van der Waals surface area contributed by atoms with Crippen LogP contribution in [-0.4, -0.2) is 11.7 Å². The first-order chi connectivity index (χ1) is 9.15. The average Bonchev–Trinajstić information content (AvgIpc) is 2.59. The normalized spacial score (nSPS) is 14.8. The first kappa shape index (κ1) is 13.8. The van der Waals surface area contributed by atoms with Crippen LogP contribution in [0, 0.1) is 5.92 Å². The number of Topliss-reactive ketones (excluding diaryl/α,β-unsaturated/α-hetero) is 1. The molecule has 0 unspecified atom stereocenters. The maximum Gasteiger partial charge on any atom is 0.224 e. The Balaban J connectivity index is 2.28. The number of ketones is 1. The number of hydrogen-bond acceptors (Lipinski definition) is 2. The highest BCUT2D eigenvalue weighted by atomic mass is 16.1. The van der Waals surface area contributed by atoms with Crippen LogP contribution in [0.3, 0.4) is 0 Å². The molecule has 1 aliphatic heterocycles. The lowest BCUT2D eigenvalue weighted by molar-refractivity contribution is -0.116. The number of aryl methyl sites for hydroxylation is 1. The number of anilines is 1. The van der Waals surface area contributed by atoms with Crippen molar-refractivity contribution in [2.45, 2.75) is 46.0 Å². The van der Waals surface area contributed by atoms with Gasteiger partial charge in [0.15, 0.2) is 5.78 Å². The minimum absolute atomic E-state index is 0.0674. The van der Waals surface area contributed by atoms with Crippen molar-refractivity contribution in [3.63, 3.8) is 0 Å². The van der Waals surface area contributed by atoms with E-state index >= 15 is 0 Å². The second kappa shape index (κ2) is 6.00. The Labute approximate surface area is 114 Å². The van der Waals surface area contributed by atoms with Crippen LogP contribution in [0.4, 0.5) is 5.69 Å². The first-order valence-corrected chi connectivity index (χ1v) is 7.12. The summed E-state index contributed by atoms with van der Waals surface area (Å²) < 4.78 is 0. The van der Waals surface area contributed by atoms with Crippen molar-refractivity contribution in [3.8, 4) is 0 Å². The van der Waals surface area contributed by atoms with Gasteiger partial charge in [0, 0.05) is 23.6 Å². The molecule has 0 aliphatic carbocycles. The Hall–Kier alpha value is -1.64. The molecule has 3 heteroatoms. The molecule has 2 rings (SSSR count). The molecule has 0 fully saturated rings. The van der Waals surface area contributed by atoms with Crippen LogP contribution in [0.15, 0.2) is 18.2 Å². The van der Waals surface area contributed by atoms with E-state index in [1.807, 2.05) is 18.2 Å². The molecular weight excluding hydrogens is 238 g/mol. The van der Waals surface area contributed by atoms with Crippen molar-refractivity contribution in [3.05, 3.63) is 29.3 Å². The van der Waals surface area contributed by atoms with E-state index in [9.17, 15) is 9.59 Å². The van der Waals surface area contributed by atoms with Crippen molar-refractivity contribution in [1.82, 2.24) is 0 Å². The summed E-state index contributed by atoms with van der Waals surface area (Å²) in [5.41, 5.74) is 2.73. The number of carbonyl (C=O) groups excluding carboxylic acids is 2. The van der Waals surface area contributed by atoms with Crippen LogP contribution in [0.2, 0.25) is 0 Å². The zero-order valence-electron chi connectivity index (χ0n) is 11.7. The smallest absolute Gasteiger partial charge is 0.224 e. The predicted octanol–water partition coefficient (Wildman–Crippen LogP) is 3.58. The molecule has 1 aromatic rings. The standard InChI is InChI=1S/C16H21NO2/c1-3-11(4-2)16(19)13-8-9-14-12(10-13)6-5-7-15(18)17-14/h8-11H,3-7H2,1-2H3,(H,17,18). The highest BCUT2D eigenvalue weighted by molar-refractivity contribution is 5.99. The van der Waals surface area contributed by atoms with Crippen LogP contribution in [0.5, 0.6) is 0 Å². The van der Waals surface area contributed by atoms with E-state index in [0.29, 0.717) is 6.42 Å². The largest absolute Gasteiger partial charge is 0.326 e. The molecule has 0 bridgehead atoms. The van der Waals surface area contributed by atoms with Crippen LogP contribution in [0.1, 0.15) is 55.5 Å². The second-order valence-corrected chi connectivity index (χ2v) is 5.15. The number of hydrogen-bond donors (Lipinski definition) is 1. The van der Waals surface area contributed by atoms with Gasteiger partial charge in [0.1, 0.15) is 0 Å². The van der Waals surface area contributed by atoms with Crippen LogP contribution in [-0.2, 0) is 11.2 Å². The topological polar surface area (TPSA) is 46.2 Å². The fraction of sp³-hybridized carbons (Fsp3) is 0.500. The molecule has 0 atom stereocenters. The SMILES string of the molecule is CCC(CC)C(=O)c1ccc2c(c1)CCCC(=O)N2. The van der Waals surface area contributed by atoms with Gasteiger partial charge in [0.25, 0.3) is 0 Å². The number of rotatable bonds is 4. The number of benzene rings is 1. The molecule has 0 radical (unpaired) electrons. The highest BCUT2D eigenvalue weighted by Crippen LogP contribution is 2.25. The van der Waals surface area contributed by atoms with Gasteiger partial charge >= 0.3 is 0 Å². The minimum Gasteiger partial charge on any atom is -0.326 e. The Morgan fingerprint density at radius 2 is 2.00 bits per heavy atom. The van der Waals surface area contributed by atoms with E-state index in [0.717, 1.165) is 42.5 Å². The maximum absolute atomic E-state index is 12.4. The number of nitrogens with one attached hydrogen (secondary N) is 1. The van der Waals surface area contributed by atoms with Crippen molar-refractivity contribution < 1.29 is 9.59 Å². The van der Waals surface area contributed by atoms with Gasteiger partial charge in [0.2, 0.25) is 5.91 Å². The Morgan fingerprint density at radius 3 is 2.68 bits per heavy atom. The quantitative estimate of drug-likeness (QED) is 0.840. The molecule has 3 nitrogen and oxygen atoms in total. The van der Waals surface area contributed by atoms with Gasteiger partial charge in [-0.25, -0.2) is 0 Å². The van der Waals surface area contributed by atoms with E-state index in [1.54, 1.807) is 0 Å². The maximum atomic E-state index is 12.4. The molecule has 0 spiro atoms. The fourth-order valence-corrected chi connectivity index (χ4v) is 2.62. The van der Waals surface area contributed by atoms with E-state index < -0.39 is 0 Å². The van der Waals surface area contributed by atoms with Crippen molar-refractivity contribution >= 4 is 17.4 Å². The molecule has 0 aromatic heterocycles. The summed E-state index contributed by atoms with van der Waals surface area (Å²) in [7, 11) is 0. The van der Waals surface area contributed by atoms with Gasteiger partial charge in [-0.15, -0.1) is 0 Å². The highest BCUT2D eigenvalue weighted by Gasteiger charge is 2.19. The van der Waals surface area contributed by atoms with Gasteiger partial charge in [0.05, 0.1) is 0 Å². The molecule has 1 aliphatic rings. The van der Waals surface area contributed by atoms with Crippen molar-refractivity contribution in [2.24, 2.45) is 5.92 Å². The molecule has 1 N–H and O–H groups in total. The lowest BCUT2D eigenvalue weighted by atomic mass is 9.91. The third kappa shape index (κ3) is 3.03. The average molecular weight is 259 g/mol. The predicted molar refractivity (Wildman–Crippen MR) is 76.4 cm³/mol. The van der Waals surface area contributed by atoms with E-state index in [1.165, 1.54) is 0 Å². The van der Waals surface area contributed by atoms with E-state index in [4.69, 9.17) is 0 Å². The molecule has 1 aromatic carbocycles. The second-order valence-electron chi connectivity index (χ2n) is 5.15. The lowest BCUT2D eigenvalue weighted by Gasteiger charge is -2.13. The van der Waals surface area contributed by atoms with Gasteiger partial charge in [-0.3, -0.25) is 9.59 Å². The van der Waals surface area contributed by atoms with Crippen LogP contribution >= 0.6 is 0 Å². The summed E-state index contributed by atoms with van der Waals surface area (Å²) in [5, 5.41) is 2.90. The monoisotopic (exact) mass is 259 g/mol. The molecule has 1 heterocycles. The molecule has 0 saturated carbocycles. The number of amides is 1. The number of carbonyl (C=O) groups is 2. The summed E-state index contributed by atoms with van der Waals surface area (Å²) in [6.07, 6.45) is 4.02. The third-order valence-electron chi connectivity index (χ3n) is 3.87. The van der Waals surface area contributed by atoms with E-state index in [2.05, 4.69) is 19.2 Å². The van der Waals surface area contributed by atoms with Crippen molar-refractivity contribution in [2.75, 3.05) is 5.32 Å². The molecule has 102 valence electrons. The van der Waals surface area contributed by atoms with Crippen LogP contribution in [0.25, 0.3) is 0 Å². The Bertz CT molecular complexity index is 490. The molecular formula is C16H21NO2. The summed E-state index contributed by atoms with van der Waals surface area (Å²) in [4.78, 5) is 23.8. The Morgan fingerprint density at radius 1 is 1.26 bits per heavy atom. The fourth-order valence-electron chi connectivity index (χ4n) is 2.62. The molecule has 1 amide bonds. The van der Waals surface area contributed by atoms with Gasteiger partial charge in [-0.2, -0.15) is 0 Å². The zero-order chi connectivity index (χ0) is 13.8. The molecule has 19 heavy (non-hydrogen) atoms. The van der Waals surface area contributed by atoms with Gasteiger partial charge in [-0.1, -0.05) is 13.8 Å².